The zero-order valence-electron chi connectivity index (χ0n) is 16.6. The summed E-state index contributed by atoms with van der Waals surface area (Å²) in [6.07, 6.45) is 3.74. The number of ether oxygens (including phenoxy) is 2. The van der Waals surface area contributed by atoms with E-state index in [4.69, 9.17) is 13.9 Å². The first kappa shape index (κ1) is 21.2. The van der Waals surface area contributed by atoms with Gasteiger partial charge in [0.2, 0.25) is 0 Å². The maximum atomic E-state index is 12.7. The highest BCUT2D eigenvalue weighted by Gasteiger charge is 2.26. The van der Waals surface area contributed by atoms with Gasteiger partial charge in [0, 0.05) is 24.7 Å². The molecule has 8 heteroatoms. The molecule has 0 saturated carbocycles. The largest absolute Gasteiger partial charge is 0.493 e. The third-order valence-corrected chi connectivity index (χ3v) is 5.38. The number of rotatable bonds is 7. The van der Waals surface area contributed by atoms with Gasteiger partial charge in [0.15, 0.2) is 17.3 Å². The maximum absolute atomic E-state index is 12.7. The van der Waals surface area contributed by atoms with Gasteiger partial charge in [0.25, 0.3) is 11.8 Å². The van der Waals surface area contributed by atoms with Gasteiger partial charge in [-0.05, 0) is 59.5 Å². The van der Waals surface area contributed by atoms with Gasteiger partial charge in [0.05, 0.1) is 24.5 Å². The van der Waals surface area contributed by atoms with Crippen molar-refractivity contribution in [2.24, 2.45) is 0 Å². The molecule has 1 fully saturated rings. The molecular formula is C21H25BrN2O5. The summed E-state index contributed by atoms with van der Waals surface area (Å²) in [6.45, 7) is 3.73. The zero-order chi connectivity index (χ0) is 20.8. The van der Waals surface area contributed by atoms with E-state index in [0.29, 0.717) is 59.8 Å². The molecule has 2 heterocycles. The molecule has 0 bridgehead atoms. The second-order valence-corrected chi connectivity index (χ2v) is 7.71. The molecule has 2 amide bonds. The van der Waals surface area contributed by atoms with Crippen molar-refractivity contribution in [2.45, 2.75) is 32.2 Å². The molecule has 0 aliphatic carbocycles. The zero-order valence-corrected chi connectivity index (χ0v) is 18.2. The highest BCUT2D eigenvalue weighted by Crippen LogP contribution is 2.36. The number of nitrogens with one attached hydrogen (secondary N) is 1. The van der Waals surface area contributed by atoms with E-state index < -0.39 is 0 Å². The van der Waals surface area contributed by atoms with Crippen molar-refractivity contribution in [3.8, 4) is 11.5 Å². The van der Waals surface area contributed by atoms with E-state index >= 15 is 0 Å². The lowest BCUT2D eigenvalue weighted by molar-refractivity contribution is 0.0667. The normalized spacial score (nSPS) is 14.5. The monoisotopic (exact) mass is 464 g/mol. The van der Waals surface area contributed by atoms with Crippen molar-refractivity contribution in [2.75, 3.05) is 26.8 Å². The van der Waals surface area contributed by atoms with Crippen LogP contribution in [0.2, 0.25) is 0 Å². The fraction of sp³-hybridized carbons (Fsp3) is 0.429. The average Bonchev–Trinajstić information content (AvgIpc) is 3.27. The van der Waals surface area contributed by atoms with E-state index in [-0.39, 0.29) is 17.9 Å². The summed E-state index contributed by atoms with van der Waals surface area (Å²) in [5.74, 6) is 1.15. The quantitative estimate of drug-likeness (QED) is 0.672. The molecule has 1 saturated heterocycles. The Morgan fingerprint density at radius 2 is 2.07 bits per heavy atom. The van der Waals surface area contributed by atoms with Gasteiger partial charge >= 0.3 is 0 Å². The Balaban J connectivity index is 1.59. The number of halogens is 1. The second kappa shape index (κ2) is 9.82. The molecular weight excluding hydrogens is 440 g/mol. The van der Waals surface area contributed by atoms with Crippen LogP contribution in [0, 0.1) is 0 Å². The SMILES string of the molecule is CCCOc1c(Br)cc(C(=O)NC2CCN(C(=O)c3ccco3)CC2)cc1OC. The Kier molecular flexibility index (Phi) is 7.19. The summed E-state index contributed by atoms with van der Waals surface area (Å²) in [6, 6.07) is 6.78. The Morgan fingerprint density at radius 3 is 2.69 bits per heavy atom. The molecule has 1 aromatic heterocycles. The van der Waals surface area contributed by atoms with Crippen LogP contribution in [0.1, 0.15) is 47.1 Å². The topological polar surface area (TPSA) is 81.0 Å². The lowest BCUT2D eigenvalue weighted by atomic mass is 10.0. The molecule has 7 nitrogen and oxygen atoms in total. The maximum Gasteiger partial charge on any atom is 0.289 e. The molecule has 156 valence electrons. The Labute approximate surface area is 178 Å². The molecule has 0 atom stereocenters. The first-order chi connectivity index (χ1) is 14.0. The Morgan fingerprint density at radius 1 is 1.31 bits per heavy atom. The first-order valence-corrected chi connectivity index (χ1v) is 10.5. The van der Waals surface area contributed by atoms with Crippen molar-refractivity contribution in [1.29, 1.82) is 0 Å². The number of carbonyl (C=O) groups is 2. The van der Waals surface area contributed by atoms with Crippen molar-refractivity contribution in [3.63, 3.8) is 0 Å². The second-order valence-electron chi connectivity index (χ2n) is 6.86. The van der Waals surface area contributed by atoms with E-state index in [1.165, 1.54) is 6.26 Å². The number of piperidine rings is 1. The van der Waals surface area contributed by atoms with E-state index in [9.17, 15) is 9.59 Å². The standard InChI is InChI=1S/C21H25BrN2O5/c1-3-10-29-19-16(22)12-14(13-18(19)27-2)20(25)23-15-6-8-24(9-7-15)21(26)17-5-4-11-28-17/h4-5,11-13,15H,3,6-10H2,1-2H3,(H,23,25). The van der Waals surface area contributed by atoms with Crippen molar-refractivity contribution >= 4 is 27.7 Å². The fourth-order valence-electron chi connectivity index (χ4n) is 3.25. The van der Waals surface area contributed by atoms with E-state index in [1.807, 2.05) is 6.92 Å². The van der Waals surface area contributed by atoms with Crippen molar-refractivity contribution in [3.05, 3.63) is 46.3 Å². The highest BCUT2D eigenvalue weighted by atomic mass is 79.9. The van der Waals surface area contributed by atoms with E-state index in [2.05, 4.69) is 21.2 Å². The van der Waals surface area contributed by atoms with Crippen LogP contribution in [-0.4, -0.2) is 49.6 Å². The van der Waals surface area contributed by atoms with Gasteiger partial charge in [-0.25, -0.2) is 0 Å². The number of hydrogen-bond acceptors (Lipinski definition) is 5. The molecule has 0 radical (unpaired) electrons. The van der Waals surface area contributed by atoms with Crippen LogP contribution >= 0.6 is 15.9 Å². The molecule has 0 unspecified atom stereocenters. The molecule has 1 aliphatic heterocycles. The fourth-order valence-corrected chi connectivity index (χ4v) is 3.80. The minimum Gasteiger partial charge on any atom is -0.493 e. The number of amides is 2. The first-order valence-electron chi connectivity index (χ1n) is 9.67. The summed E-state index contributed by atoms with van der Waals surface area (Å²) in [5.41, 5.74) is 0.492. The summed E-state index contributed by atoms with van der Waals surface area (Å²) in [4.78, 5) is 26.8. The molecule has 0 spiro atoms. The molecule has 29 heavy (non-hydrogen) atoms. The molecule has 2 aromatic rings. The van der Waals surface area contributed by atoms with Crippen LogP contribution in [0.5, 0.6) is 11.5 Å². The predicted octanol–water partition coefficient (Wildman–Crippen LogP) is 3.87. The van der Waals surface area contributed by atoms with Crippen LogP contribution in [0.15, 0.2) is 39.4 Å². The van der Waals surface area contributed by atoms with Crippen LogP contribution < -0.4 is 14.8 Å². The number of carbonyl (C=O) groups excluding carboxylic acids is 2. The number of benzene rings is 1. The van der Waals surface area contributed by atoms with Gasteiger partial charge in [-0.2, -0.15) is 0 Å². The molecule has 3 rings (SSSR count). The minimum absolute atomic E-state index is 0.00365. The lowest BCUT2D eigenvalue weighted by Gasteiger charge is -2.32. The summed E-state index contributed by atoms with van der Waals surface area (Å²) in [5, 5.41) is 3.05. The molecule has 1 aliphatic rings. The lowest BCUT2D eigenvalue weighted by Crippen LogP contribution is -2.46. The Hall–Kier alpha value is -2.48. The van der Waals surface area contributed by atoms with Gasteiger partial charge in [-0.15, -0.1) is 0 Å². The molecule has 1 N–H and O–H groups in total. The predicted molar refractivity (Wildman–Crippen MR) is 112 cm³/mol. The van der Waals surface area contributed by atoms with Gasteiger partial charge in [-0.3, -0.25) is 9.59 Å². The van der Waals surface area contributed by atoms with Crippen LogP contribution in [0.3, 0.4) is 0 Å². The van der Waals surface area contributed by atoms with Gasteiger partial charge in [-0.1, -0.05) is 6.92 Å². The van der Waals surface area contributed by atoms with Crippen molar-refractivity contribution < 1.29 is 23.5 Å². The van der Waals surface area contributed by atoms with Gasteiger partial charge < -0.3 is 24.1 Å². The van der Waals surface area contributed by atoms with Crippen LogP contribution in [-0.2, 0) is 0 Å². The summed E-state index contributed by atoms with van der Waals surface area (Å²) < 4.78 is 17.0. The molecule has 1 aromatic carbocycles. The number of hydrogen-bond donors (Lipinski definition) is 1. The van der Waals surface area contributed by atoms with Crippen molar-refractivity contribution in [1.82, 2.24) is 10.2 Å². The minimum atomic E-state index is -0.179. The highest BCUT2D eigenvalue weighted by molar-refractivity contribution is 9.10. The van der Waals surface area contributed by atoms with Gasteiger partial charge in [0.1, 0.15) is 0 Å². The Bertz CT molecular complexity index is 845. The van der Waals surface area contributed by atoms with E-state index in [0.717, 1.165) is 6.42 Å². The smallest absolute Gasteiger partial charge is 0.289 e. The van der Waals surface area contributed by atoms with Crippen LogP contribution in [0.25, 0.3) is 0 Å². The summed E-state index contributed by atoms with van der Waals surface area (Å²) in [7, 11) is 1.55. The third-order valence-electron chi connectivity index (χ3n) is 4.79. The summed E-state index contributed by atoms with van der Waals surface area (Å²) >= 11 is 3.47. The van der Waals surface area contributed by atoms with Crippen LogP contribution in [0.4, 0.5) is 0 Å². The third kappa shape index (κ3) is 5.12. The number of furan rings is 1. The number of methoxy groups -OCH3 is 1. The number of likely N-dealkylation sites (tertiary alicyclic amines) is 1. The number of nitrogens with zero attached hydrogens (tertiary/aromatic N) is 1. The van der Waals surface area contributed by atoms with E-state index in [1.54, 1.807) is 36.3 Å². The average molecular weight is 465 g/mol.